The van der Waals surface area contributed by atoms with Crippen molar-refractivity contribution >= 4 is 39.4 Å². The molecule has 1 aliphatic rings. The van der Waals surface area contributed by atoms with Gasteiger partial charge in [0.05, 0.1) is 5.92 Å². The maximum Gasteiger partial charge on any atom is 0.306 e. The fraction of sp³-hybridized carbons (Fsp3) is 0.385. The molecule has 1 aromatic rings. The van der Waals surface area contributed by atoms with Crippen molar-refractivity contribution in [2.45, 2.75) is 25.3 Å². The summed E-state index contributed by atoms with van der Waals surface area (Å²) in [6.07, 6.45) is 1.80. The van der Waals surface area contributed by atoms with Gasteiger partial charge in [-0.05, 0) is 37.5 Å². The van der Waals surface area contributed by atoms with Crippen LogP contribution in [0.2, 0.25) is 5.02 Å². The van der Waals surface area contributed by atoms with Gasteiger partial charge < -0.3 is 10.4 Å². The predicted molar refractivity (Wildman–Crippen MR) is 75.4 cm³/mol. The Hall–Kier alpha value is -1.07. The van der Waals surface area contributed by atoms with Crippen molar-refractivity contribution in [1.82, 2.24) is 5.32 Å². The van der Waals surface area contributed by atoms with E-state index in [2.05, 4.69) is 21.2 Å². The minimum atomic E-state index is -0.790. The molecule has 0 bridgehead atoms. The number of hydrogen-bond acceptors (Lipinski definition) is 2. The van der Waals surface area contributed by atoms with Crippen molar-refractivity contribution in [2.24, 2.45) is 5.92 Å². The summed E-state index contributed by atoms with van der Waals surface area (Å²) in [5.41, 5.74) is 0.471. The molecule has 1 aliphatic carbocycles. The number of hydrogen-bond donors (Lipinski definition) is 2. The molecular formula is C13H13BrClNO3. The number of carboxylic acids is 1. The van der Waals surface area contributed by atoms with E-state index in [9.17, 15) is 9.59 Å². The van der Waals surface area contributed by atoms with E-state index in [1.165, 1.54) is 0 Å². The predicted octanol–water partition coefficient (Wildman–Crippen LogP) is 3.09. The van der Waals surface area contributed by atoms with Crippen LogP contribution in [0.4, 0.5) is 0 Å². The molecule has 0 radical (unpaired) electrons. The molecule has 1 aromatic carbocycles. The zero-order valence-electron chi connectivity index (χ0n) is 10.0. The molecule has 19 heavy (non-hydrogen) atoms. The highest BCUT2D eigenvalue weighted by atomic mass is 79.9. The summed E-state index contributed by atoms with van der Waals surface area (Å²) in [7, 11) is 0. The molecule has 2 rings (SSSR count). The molecule has 0 aromatic heterocycles. The number of carbonyl (C=O) groups is 2. The second-order valence-electron chi connectivity index (χ2n) is 4.68. The number of rotatable bonds is 3. The van der Waals surface area contributed by atoms with Crippen LogP contribution in [0.15, 0.2) is 22.7 Å². The molecule has 0 heterocycles. The smallest absolute Gasteiger partial charge is 0.306 e. The van der Waals surface area contributed by atoms with Gasteiger partial charge in [0.2, 0.25) is 0 Å². The number of aliphatic carboxylic acids is 1. The van der Waals surface area contributed by atoms with E-state index in [-0.39, 0.29) is 17.9 Å². The van der Waals surface area contributed by atoms with Gasteiger partial charge in [0.15, 0.2) is 0 Å². The lowest BCUT2D eigenvalue weighted by atomic mass is 10.1. The molecule has 1 amide bonds. The molecule has 6 heteroatoms. The standard InChI is InChI=1S/C13H13BrClNO3/c14-9-3-8(4-10(15)6-9)12(17)16-11-2-1-7(5-11)13(18)19/h3-4,6-7,11H,1-2,5H2,(H,16,17)(H,18,19). The third kappa shape index (κ3) is 3.70. The molecule has 0 saturated heterocycles. The van der Waals surface area contributed by atoms with E-state index < -0.39 is 5.97 Å². The zero-order valence-corrected chi connectivity index (χ0v) is 12.4. The van der Waals surface area contributed by atoms with E-state index in [4.69, 9.17) is 16.7 Å². The summed E-state index contributed by atoms with van der Waals surface area (Å²) in [6.45, 7) is 0. The molecule has 4 nitrogen and oxygen atoms in total. The highest BCUT2D eigenvalue weighted by Gasteiger charge is 2.30. The third-order valence-corrected chi connectivity index (χ3v) is 3.92. The second-order valence-corrected chi connectivity index (χ2v) is 6.03. The van der Waals surface area contributed by atoms with Gasteiger partial charge in [-0.1, -0.05) is 27.5 Å². The van der Waals surface area contributed by atoms with Crippen LogP contribution < -0.4 is 5.32 Å². The van der Waals surface area contributed by atoms with Crippen molar-refractivity contribution in [2.75, 3.05) is 0 Å². The van der Waals surface area contributed by atoms with Gasteiger partial charge in [0, 0.05) is 21.1 Å². The van der Waals surface area contributed by atoms with Crippen molar-refractivity contribution < 1.29 is 14.7 Å². The van der Waals surface area contributed by atoms with Crippen molar-refractivity contribution in [3.63, 3.8) is 0 Å². The lowest BCUT2D eigenvalue weighted by Crippen LogP contribution is -2.33. The van der Waals surface area contributed by atoms with E-state index in [1.807, 2.05) is 0 Å². The van der Waals surface area contributed by atoms with Gasteiger partial charge in [-0.3, -0.25) is 9.59 Å². The average molecular weight is 347 g/mol. The minimum absolute atomic E-state index is 0.0774. The normalized spacial score (nSPS) is 22.2. The Labute approximate surface area is 124 Å². The number of halogens is 2. The summed E-state index contributed by atoms with van der Waals surface area (Å²) in [5.74, 6) is -1.36. The van der Waals surface area contributed by atoms with Crippen molar-refractivity contribution in [1.29, 1.82) is 0 Å². The highest BCUT2D eigenvalue weighted by molar-refractivity contribution is 9.10. The summed E-state index contributed by atoms with van der Waals surface area (Å²) < 4.78 is 0.736. The van der Waals surface area contributed by atoms with Crippen LogP contribution in [0.1, 0.15) is 29.6 Å². The Balaban J connectivity index is 2.00. The summed E-state index contributed by atoms with van der Waals surface area (Å²) in [5, 5.41) is 12.3. The number of carboxylic acid groups (broad SMARTS) is 1. The van der Waals surface area contributed by atoms with Crippen LogP contribution in [0.25, 0.3) is 0 Å². The van der Waals surface area contributed by atoms with Gasteiger partial charge >= 0.3 is 5.97 Å². The Morgan fingerprint density at radius 3 is 2.63 bits per heavy atom. The van der Waals surface area contributed by atoms with Gasteiger partial charge in [-0.2, -0.15) is 0 Å². The molecule has 0 aliphatic heterocycles. The maximum absolute atomic E-state index is 12.0. The fourth-order valence-electron chi connectivity index (χ4n) is 2.29. The number of carbonyl (C=O) groups excluding carboxylic acids is 1. The number of nitrogens with one attached hydrogen (secondary N) is 1. The summed E-state index contributed by atoms with van der Waals surface area (Å²) in [6, 6.07) is 4.90. The first-order chi connectivity index (χ1) is 8.95. The van der Waals surface area contributed by atoms with E-state index in [0.717, 1.165) is 4.47 Å². The molecule has 102 valence electrons. The Bertz CT molecular complexity index is 500. The Morgan fingerprint density at radius 2 is 2.05 bits per heavy atom. The molecule has 2 N–H and O–H groups in total. The van der Waals surface area contributed by atoms with Gasteiger partial charge in [0.25, 0.3) is 5.91 Å². The second kappa shape index (κ2) is 5.92. The third-order valence-electron chi connectivity index (χ3n) is 3.24. The number of benzene rings is 1. The van der Waals surface area contributed by atoms with Crippen LogP contribution in [0.3, 0.4) is 0 Å². The molecule has 1 fully saturated rings. The van der Waals surface area contributed by atoms with Crippen LogP contribution in [0, 0.1) is 5.92 Å². The Kier molecular flexibility index (Phi) is 4.47. The average Bonchev–Trinajstić information content (AvgIpc) is 2.76. The van der Waals surface area contributed by atoms with Crippen LogP contribution in [-0.2, 0) is 4.79 Å². The first kappa shape index (κ1) is 14.3. The topological polar surface area (TPSA) is 66.4 Å². The molecule has 2 atom stereocenters. The number of amides is 1. The largest absolute Gasteiger partial charge is 0.481 e. The zero-order chi connectivity index (χ0) is 14.0. The van der Waals surface area contributed by atoms with Crippen molar-refractivity contribution in [3.05, 3.63) is 33.3 Å². The maximum atomic E-state index is 12.0. The summed E-state index contributed by atoms with van der Waals surface area (Å²) in [4.78, 5) is 22.9. The van der Waals surface area contributed by atoms with Crippen molar-refractivity contribution in [3.8, 4) is 0 Å². The quantitative estimate of drug-likeness (QED) is 0.884. The van der Waals surface area contributed by atoms with E-state index >= 15 is 0 Å². The lowest BCUT2D eigenvalue weighted by Gasteiger charge is -2.12. The molecule has 0 spiro atoms. The highest BCUT2D eigenvalue weighted by Crippen LogP contribution is 2.26. The monoisotopic (exact) mass is 345 g/mol. The molecule has 2 unspecified atom stereocenters. The first-order valence-electron chi connectivity index (χ1n) is 5.95. The van der Waals surface area contributed by atoms with Gasteiger partial charge in [-0.15, -0.1) is 0 Å². The lowest BCUT2D eigenvalue weighted by molar-refractivity contribution is -0.141. The molecular weight excluding hydrogens is 334 g/mol. The van der Waals surface area contributed by atoms with E-state index in [1.54, 1.807) is 18.2 Å². The Morgan fingerprint density at radius 1 is 1.32 bits per heavy atom. The van der Waals surface area contributed by atoms with Crippen LogP contribution in [-0.4, -0.2) is 23.0 Å². The minimum Gasteiger partial charge on any atom is -0.481 e. The van der Waals surface area contributed by atoms with Crippen LogP contribution in [0.5, 0.6) is 0 Å². The SMILES string of the molecule is O=C(NC1CCC(C(=O)O)C1)c1cc(Cl)cc(Br)c1. The van der Waals surface area contributed by atoms with Crippen LogP contribution >= 0.6 is 27.5 Å². The summed E-state index contributed by atoms with van der Waals surface area (Å²) >= 11 is 9.17. The van der Waals surface area contributed by atoms with Gasteiger partial charge in [0.1, 0.15) is 0 Å². The molecule has 1 saturated carbocycles. The first-order valence-corrected chi connectivity index (χ1v) is 7.12. The fourth-order valence-corrected chi connectivity index (χ4v) is 3.15. The van der Waals surface area contributed by atoms with Gasteiger partial charge in [-0.25, -0.2) is 0 Å². The van der Waals surface area contributed by atoms with E-state index in [0.29, 0.717) is 29.8 Å².